The zero-order valence-electron chi connectivity index (χ0n) is 12.3. The number of nitro groups is 1. The van der Waals surface area contributed by atoms with Crippen LogP contribution in [0.5, 0.6) is 0 Å². The molecular formula is C14H9BrN4O5S. The SMILES string of the molecule is O=C(NS(=O)(=O)c1cccc([N+](=O)[O-])c1)n1ccc2cc(Br)cnc21. The van der Waals surface area contributed by atoms with Crippen LogP contribution in [0.1, 0.15) is 0 Å². The molecule has 3 rings (SSSR count). The Bertz CT molecular complexity index is 1110. The van der Waals surface area contributed by atoms with E-state index in [2.05, 4.69) is 20.9 Å². The van der Waals surface area contributed by atoms with E-state index in [0.29, 0.717) is 9.86 Å². The van der Waals surface area contributed by atoms with Crippen molar-refractivity contribution in [2.45, 2.75) is 4.90 Å². The molecule has 0 atom stereocenters. The monoisotopic (exact) mass is 424 g/mol. The van der Waals surface area contributed by atoms with Gasteiger partial charge in [-0.1, -0.05) is 6.07 Å². The average Bonchev–Trinajstić information content (AvgIpc) is 2.97. The Balaban J connectivity index is 1.93. The maximum atomic E-state index is 12.3. The Labute approximate surface area is 149 Å². The molecule has 1 N–H and O–H groups in total. The Hall–Kier alpha value is -2.79. The van der Waals surface area contributed by atoms with Gasteiger partial charge in [-0.25, -0.2) is 22.9 Å². The number of carbonyl (C=O) groups is 1. The van der Waals surface area contributed by atoms with Crippen LogP contribution < -0.4 is 4.72 Å². The molecule has 0 bridgehead atoms. The van der Waals surface area contributed by atoms with E-state index in [1.165, 1.54) is 18.5 Å². The summed E-state index contributed by atoms with van der Waals surface area (Å²) >= 11 is 3.25. The molecule has 0 fully saturated rings. The van der Waals surface area contributed by atoms with Crippen LogP contribution in [0, 0.1) is 10.1 Å². The van der Waals surface area contributed by atoms with Gasteiger partial charge in [0.1, 0.15) is 5.65 Å². The third-order valence-electron chi connectivity index (χ3n) is 3.27. The fourth-order valence-electron chi connectivity index (χ4n) is 2.15. The Morgan fingerprint density at radius 2 is 2.04 bits per heavy atom. The van der Waals surface area contributed by atoms with Gasteiger partial charge < -0.3 is 0 Å². The first kappa shape index (κ1) is 17.0. The van der Waals surface area contributed by atoms with Crippen LogP contribution >= 0.6 is 15.9 Å². The van der Waals surface area contributed by atoms with Gasteiger partial charge in [-0.3, -0.25) is 14.7 Å². The fraction of sp³-hybridized carbons (Fsp3) is 0. The van der Waals surface area contributed by atoms with E-state index in [0.717, 1.165) is 22.8 Å². The second kappa shape index (κ2) is 6.26. The second-order valence-corrected chi connectivity index (χ2v) is 7.52. The first-order valence-electron chi connectivity index (χ1n) is 6.72. The number of fused-ring (bicyclic) bond motifs is 1. The van der Waals surface area contributed by atoms with Crippen LogP contribution in [0.15, 0.2) is 58.2 Å². The molecule has 25 heavy (non-hydrogen) atoms. The highest BCUT2D eigenvalue weighted by Gasteiger charge is 2.22. The number of hydrogen-bond donors (Lipinski definition) is 1. The van der Waals surface area contributed by atoms with Crippen molar-refractivity contribution in [2.24, 2.45) is 0 Å². The van der Waals surface area contributed by atoms with Crippen LogP contribution in [-0.2, 0) is 10.0 Å². The highest BCUT2D eigenvalue weighted by molar-refractivity contribution is 9.10. The molecule has 0 aliphatic heterocycles. The van der Waals surface area contributed by atoms with Crippen molar-refractivity contribution >= 4 is 48.7 Å². The van der Waals surface area contributed by atoms with Gasteiger partial charge in [0.05, 0.1) is 9.82 Å². The van der Waals surface area contributed by atoms with E-state index in [-0.39, 0.29) is 10.5 Å². The van der Waals surface area contributed by atoms with Crippen LogP contribution in [0.3, 0.4) is 0 Å². The third-order valence-corrected chi connectivity index (χ3v) is 5.02. The largest absolute Gasteiger partial charge is 0.341 e. The van der Waals surface area contributed by atoms with Gasteiger partial charge in [-0.2, -0.15) is 0 Å². The average molecular weight is 425 g/mol. The lowest BCUT2D eigenvalue weighted by Crippen LogP contribution is -2.33. The fourth-order valence-corrected chi connectivity index (χ4v) is 3.48. The highest BCUT2D eigenvalue weighted by atomic mass is 79.9. The molecule has 0 unspecified atom stereocenters. The highest BCUT2D eigenvalue weighted by Crippen LogP contribution is 2.20. The lowest BCUT2D eigenvalue weighted by atomic mass is 10.3. The van der Waals surface area contributed by atoms with Gasteiger partial charge in [-0.15, -0.1) is 0 Å². The number of halogens is 1. The zero-order valence-corrected chi connectivity index (χ0v) is 14.7. The Kier molecular flexibility index (Phi) is 4.27. The third kappa shape index (κ3) is 3.37. The summed E-state index contributed by atoms with van der Waals surface area (Å²) in [6, 6.07) is 6.79. The van der Waals surface area contributed by atoms with Gasteiger partial charge in [0.15, 0.2) is 0 Å². The molecule has 128 valence electrons. The van der Waals surface area contributed by atoms with E-state index >= 15 is 0 Å². The number of hydrogen-bond acceptors (Lipinski definition) is 6. The van der Waals surface area contributed by atoms with Gasteiger partial charge >= 0.3 is 6.03 Å². The molecule has 3 aromatic rings. The normalized spacial score (nSPS) is 11.4. The number of benzene rings is 1. The van der Waals surface area contributed by atoms with Crippen molar-refractivity contribution < 1.29 is 18.1 Å². The van der Waals surface area contributed by atoms with Crippen molar-refractivity contribution in [2.75, 3.05) is 0 Å². The lowest BCUT2D eigenvalue weighted by Gasteiger charge is -2.08. The summed E-state index contributed by atoms with van der Waals surface area (Å²) in [6.45, 7) is 0. The number of pyridine rings is 1. The van der Waals surface area contributed by atoms with Crippen LogP contribution in [0.2, 0.25) is 0 Å². The number of amides is 1. The van der Waals surface area contributed by atoms with Crippen molar-refractivity contribution in [1.82, 2.24) is 14.3 Å². The quantitative estimate of drug-likeness (QED) is 0.508. The molecule has 0 radical (unpaired) electrons. The summed E-state index contributed by atoms with van der Waals surface area (Å²) in [6.07, 6.45) is 2.85. The van der Waals surface area contributed by atoms with Gasteiger partial charge in [-0.05, 0) is 34.1 Å². The summed E-state index contributed by atoms with van der Waals surface area (Å²) in [7, 11) is -4.28. The van der Waals surface area contributed by atoms with E-state index in [9.17, 15) is 23.3 Å². The van der Waals surface area contributed by atoms with Crippen molar-refractivity contribution in [3.63, 3.8) is 0 Å². The van der Waals surface area contributed by atoms with Gasteiger partial charge in [0, 0.05) is 34.4 Å². The Morgan fingerprint density at radius 1 is 1.28 bits per heavy atom. The van der Waals surface area contributed by atoms with Gasteiger partial charge in [0.25, 0.3) is 15.7 Å². The molecule has 0 saturated heterocycles. The maximum absolute atomic E-state index is 12.3. The molecule has 9 nitrogen and oxygen atoms in total. The van der Waals surface area contributed by atoms with Gasteiger partial charge in [0.2, 0.25) is 0 Å². The van der Waals surface area contributed by atoms with Crippen molar-refractivity contribution in [3.8, 4) is 0 Å². The van der Waals surface area contributed by atoms with Crippen molar-refractivity contribution in [1.29, 1.82) is 0 Å². The molecule has 1 amide bonds. The zero-order chi connectivity index (χ0) is 18.2. The molecule has 11 heteroatoms. The topological polar surface area (TPSA) is 124 Å². The minimum absolute atomic E-state index is 0.273. The number of sulfonamides is 1. The molecule has 0 aliphatic rings. The first-order chi connectivity index (χ1) is 11.8. The van der Waals surface area contributed by atoms with Crippen molar-refractivity contribution in [3.05, 3.63) is 63.4 Å². The molecule has 0 spiro atoms. The standard InChI is InChI=1S/C14H9BrN4O5S/c15-10-6-9-4-5-18(13(9)16-8-10)14(20)17-25(23,24)12-3-1-2-11(7-12)19(21)22/h1-8H,(H,17,20). The second-order valence-electron chi connectivity index (χ2n) is 4.92. The number of nitro benzene ring substituents is 1. The van der Waals surface area contributed by atoms with E-state index < -0.39 is 26.7 Å². The smallest absolute Gasteiger partial charge is 0.258 e. The number of rotatable bonds is 3. The lowest BCUT2D eigenvalue weighted by molar-refractivity contribution is -0.385. The van der Waals surface area contributed by atoms with E-state index in [1.54, 1.807) is 12.1 Å². The van der Waals surface area contributed by atoms with Crippen LogP contribution in [-0.4, -0.2) is 28.9 Å². The molecule has 0 aliphatic carbocycles. The number of nitrogens with zero attached hydrogens (tertiary/aromatic N) is 3. The molecule has 1 aromatic carbocycles. The number of aromatic nitrogens is 2. The number of non-ortho nitro benzene ring substituents is 1. The molecule has 0 saturated carbocycles. The first-order valence-corrected chi connectivity index (χ1v) is 9.00. The van der Waals surface area contributed by atoms with Crippen LogP contribution in [0.25, 0.3) is 11.0 Å². The number of nitrogens with one attached hydrogen (secondary N) is 1. The number of carbonyl (C=O) groups excluding carboxylic acids is 1. The summed E-state index contributed by atoms with van der Waals surface area (Å²) in [5.41, 5.74) is -0.122. The summed E-state index contributed by atoms with van der Waals surface area (Å²) < 4.78 is 28.2. The van der Waals surface area contributed by atoms with E-state index in [4.69, 9.17) is 0 Å². The summed E-state index contributed by atoms with van der Waals surface area (Å²) in [5.74, 6) is 0. The predicted octanol–water partition coefficient (Wildman–Crippen LogP) is 2.65. The predicted molar refractivity (Wildman–Crippen MR) is 91.6 cm³/mol. The van der Waals surface area contributed by atoms with E-state index in [1.807, 2.05) is 4.72 Å². The molecule has 2 heterocycles. The molecule has 2 aromatic heterocycles. The minimum Gasteiger partial charge on any atom is -0.258 e. The molecular weight excluding hydrogens is 416 g/mol. The van der Waals surface area contributed by atoms with Crippen LogP contribution in [0.4, 0.5) is 10.5 Å². The minimum atomic E-state index is -4.28. The summed E-state index contributed by atoms with van der Waals surface area (Å²) in [4.78, 5) is 26.0. The Morgan fingerprint density at radius 3 is 2.76 bits per heavy atom. The maximum Gasteiger partial charge on any atom is 0.341 e. The summed E-state index contributed by atoms with van der Waals surface area (Å²) in [5, 5.41) is 11.4.